The van der Waals surface area contributed by atoms with Crippen molar-refractivity contribution in [1.82, 2.24) is 30.2 Å². The molecule has 0 aliphatic rings. The number of para-hydroxylation sites is 2. The minimum Gasteiger partial charge on any atom is -0.318 e. The number of carbonyl (C=O) groups is 2. The van der Waals surface area contributed by atoms with Crippen LogP contribution in [0.3, 0.4) is 0 Å². The van der Waals surface area contributed by atoms with Crippen molar-refractivity contribution in [1.29, 1.82) is 0 Å². The predicted molar refractivity (Wildman–Crippen MR) is 129 cm³/mol. The van der Waals surface area contributed by atoms with Crippen LogP contribution in [0.2, 0.25) is 0 Å². The van der Waals surface area contributed by atoms with Crippen LogP contribution in [0, 0.1) is 0 Å². The number of amides is 2. The molecular formula is C23H24N6O3S. The summed E-state index contributed by atoms with van der Waals surface area (Å²) in [5, 5.41) is 5.09. The number of nitrogens with one attached hydrogen (secondary N) is 2. The molecular weight excluding hydrogens is 440 g/mol. The zero-order chi connectivity index (χ0) is 23.4. The molecule has 0 atom stereocenters. The van der Waals surface area contributed by atoms with Gasteiger partial charge in [-0.3, -0.25) is 25.2 Å². The number of nitrogens with zero attached hydrogens (tertiary/aromatic N) is 4. The molecule has 170 valence electrons. The lowest BCUT2D eigenvalue weighted by atomic mass is 10.1. The maximum Gasteiger partial charge on any atom is 0.290 e. The van der Waals surface area contributed by atoms with E-state index in [2.05, 4.69) is 20.9 Å². The van der Waals surface area contributed by atoms with Gasteiger partial charge in [0.25, 0.3) is 17.4 Å². The van der Waals surface area contributed by atoms with Crippen molar-refractivity contribution in [2.45, 2.75) is 32.2 Å². The van der Waals surface area contributed by atoms with E-state index in [1.54, 1.807) is 36.0 Å². The third kappa shape index (κ3) is 4.61. The fourth-order valence-corrected chi connectivity index (χ4v) is 4.15. The molecule has 33 heavy (non-hydrogen) atoms. The second-order valence-corrected chi connectivity index (χ2v) is 8.33. The van der Waals surface area contributed by atoms with Gasteiger partial charge >= 0.3 is 0 Å². The van der Waals surface area contributed by atoms with Crippen LogP contribution in [0.1, 0.15) is 29.7 Å². The Morgan fingerprint density at radius 3 is 2.52 bits per heavy atom. The van der Waals surface area contributed by atoms with Crippen LogP contribution in [-0.4, -0.2) is 37.4 Å². The molecule has 0 fully saturated rings. The van der Waals surface area contributed by atoms with Crippen molar-refractivity contribution in [3.05, 3.63) is 70.4 Å². The number of hydrogen-bond acceptors (Lipinski definition) is 6. The molecule has 0 saturated heterocycles. The largest absolute Gasteiger partial charge is 0.318 e. The van der Waals surface area contributed by atoms with E-state index < -0.39 is 11.8 Å². The van der Waals surface area contributed by atoms with E-state index in [9.17, 15) is 14.4 Å². The Kier molecular flexibility index (Phi) is 6.74. The van der Waals surface area contributed by atoms with Gasteiger partial charge in [-0.2, -0.15) is 16.9 Å². The Balaban J connectivity index is 1.54. The normalized spacial score (nSPS) is 11.1. The molecule has 2 N–H and O–H groups in total. The minimum absolute atomic E-state index is 0.000194. The first kappa shape index (κ1) is 22.5. The first-order valence-corrected chi connectivity index (χ1v) is 11.9. The number of fused-ring (bicyclic) bond motifs is 2. The van der Waals surface area contributed by atoms with Crippen molar-refractivity contribution >= 4 is 45.4 Å². The summed E-state index contributed by atoms with van der Waals surface area (Å²) in [5.74, 6) is 0.442. The monoisotopic (exact) mass is 464 g/mol. The minimum atomic E-state index is -0.593. The lowest BCUT2D eigenvalue weighted by Crippen LogP contribution is -2.44. The first-order chi connectivity index (χ1) is 16.0. The van der Waals surface area contributed by atoms with Crippen molar-refractivity contribution in [3.63, 3.8) is 0 Å². The van der Waals surface area contributed by atoms with Crippen LogP contribution in [-0.2, 0) is 23.6 Å². The summed E-state index contributed by atoms with van der Waals surface area (Å²) in [5.41, 5.74) is 6.39. The van der Waals surface area contributed by atoms with Crippen LogP contribution in [0.15, 0.2) is 53.3 Å². The lowest BCUT2D eigenvalue weighted by Gasteiger charge is -2.12. The summed E-state index contributed by atoms with van der Waals surface area (Å²) in [6.45, 7) is 2.32. The van der Waals surface area contributed by atoms with E-state index in [1.807, 2.05) is 42.0 Å². The van der Waals surface area contributed by atoms with Gasteiger partial charge in [-0.1, -0.05) is 37.3 Å². The maximum atomic E-state index is 12.9. The lowest BCUT2D eigenvalue weighted by molar-refractivity contribution is -0.122. The summed E-state index contributed by atoms with van der Waals surface area (Å²) >= 11 is 1.61. The summed E-state index contributed by atoms with van der Waals surface area (Å²) in [4.78, 5) is 42.8. The second kappa shape index (κ2) is 9.86. The molecule has 0 saturated carbocycles. The average molecular weight is 465 g/mol. The van der Waals surface area contributed by atoms with Crippen LogP contribution < -0.4 is 16.4 Å². The van der Waals surface area contributed by atoms with Crippen LogP contribution in [0.5, 0.6) is 0 Å². The summed E-state index contributed by atoms with van der Waals surface area (Å²) in [6.07, 6.45) is 2.67. The average Bonchev–Trinajstić information content (AvgIpc) is 3.16. The van der Waals surface area contributed by atoms with Crippen LogP contribution >= 0.6 is 11.8 Å². The van der Waals surface area contributed by atoms with E-state index in [-0.39, 0.29) is 17.8 Å². The van der Waals surface area contributed by atoms with Gasteiger partial charge in [0.1, 0.15) is 12.4 Å². The van der Waals surface area contributed by atoms with Gasteiger partial charge in [-0.05, 0) is 30.9 Å². The van der Waals surface area contributed by atoms with Crippen molar-refractivity contribution in [2.24, 2.45) is 0 Å². The Labute approximate surface area is 194 Å². The number of imidazole rings is 1. The summed E-state index contributed by atoms with van der Waals surface area (Å²) in [7, 11) is 0. The van der Waals surface area contributed by atoms with E-state index in [0.717, 1.165) is 16.9 Å². The fourth-order valence-electron chi connectivity index (χ4n) is 3.68. The highest BCUT2D eigenvalue weighted by Crippen LogP contribution is 2.19. The van der Waals surface area contributed by atoms with Gasteiger partial charge in [0, 0.05) is 11.9 Å². The van der Waals surface area contributed by atoms with Gasteiger partial charge in [0.15, 0.2) is 5.69 Å². The van der Waals surface area contributed by atoms with E-state index in [1.165, 1.54) is 4.68 Å². The van der Waals surface area contributed by atoms with E-state index >= 15 is 0 Å². The number of hydrogen-bond donors (Lipinski definition) is 2. The predicted octanol–water partition coefficient (Wildman–Crippen LogP) is 2.48. The highest BCUT2D eigenvalue weighted by Gasteiger charge is 2.18. The number of benzene rings is 2. The molecule has 0 radical (unpaired) electrons. The molecule has 0 aliphatic carbocycles. The standard InChI is InChI=1S/C23H24N6O3S/c1-3-12-29-23(32)16-9-5-4-8-15(16)21(27-29)22(31)26-25-20(30)13-28-18-11-7-6-10-17(18)24-19(28)14-33-2/h4-11H,3,12-14H2,1-2H3,(H,25,30)(H,26,31). The molecule has 2 amide bonds. The number of aromatic nitrogens is 4. The quantitative estimate of drug-likeness (QED) is 0.407. The fraction of sp³-hybridized carbons (Fsp3) is 0.261. The smallest absolute Gasteiger partial charge is 0.290 e. The molecule has 0 spiro atoms. The number of aryl methyl sites for hydroxylation is 1. The highest BCUT2D eigenvalue weighted by atomic mass is 32.2. The number of rotatable bonds is 7. The van der Waals surface area contributed by atoms with Gasteiger partial charge in [-0.15, -0.1) is 0 Å². The van der Waals surface area contributed by atoms with E-state index in [0.29, 0.717) is 29.5 Å². The number of thioether (sulfide) groups is 1. The number of carbonyl (C=O) groups excluding carboxylic acids is 2. The topological polar surface area (TPSA) is 111 Å². The van der Waals surface area contributed by atoms with Crippen molar-refractivity contribution < 1.29 is 9.59 Å². The molecule has 4 rings (SSSR count). The third-order valence-electron chi connectivity index (χ3n) is 5.14. The Bertz CT molecular complexity index is 1390. The Hall–Kier alpha value is -3.66. The third-order valence-corrected chi connectivity index (χ3v) is 5.69. The molecule has 0 unspecified atom stereocenters. The van der Waals surface area contributed by atoms with E-state index in [4.69, 9.17) is 0 Å². The van der Waals surface area contributed by atoms with Gasteiger partial charge in [-0.25, -0.2) is 9.67 Å². The zero-order valence-electron chi connectivity index (χ0n) is 18.4. The first-order valence-electron chi connectivity index (χ1n) is 10.6. The van der Waals surface area contributed by atoms with Crippen LogP contribution in [0.25, 0.3) is 21.8 Å². The Morgan fingerprint density at radius 2 is 1.76 bits per heavy atom. The molecule has 2 aromatic carbocycles. The molecule has 0 aliphatic heterocycles. The Morgan fingerprint density at radius 1 is 1.03 bits per heavy atom. The van der Waals surface area contributed by atoms with Crippen molar-refractivity contribution in [2.75, 3.05) is 6.26 Å². The summed E-state index contributed by atoms with van der Waals surface area (Å²) in [6, 6.07) is 14.4. The van der Waals surface area contributed by atoms with Crippen molar-refractivity contribution in [3.8, 4) is 0 Å². The van der Waals surface area contributed by atoms with Crippen LogP contribution in [0.4, 0.5) is 0 Å². The van der Waals surface area contributed by atoms with Gasteiger partial charge < -0.3 is 4.57 Å². The van der Waals surface area contributed by atoms with Gasteiger partial charge in [0.2, 0.25) is 0 Å². The second-order valence-electron chi connectivity index (χ2n) is 7.46. The molecule has 10 heteroatoms. The maximum absolute atomic E-state index is 12.9. The molecule has 9 nitrogen and oxygen atoms in total. The molecule has 4 aromatic rings. The summed E-state index contributed by atoms with van der Waals surface area (Å²) < 4.78 is 3.12. The SMILES string of the molecule is CCCn1nc(C(=O)NNC(=O)Cn2c(CSC)nc3ccccc32)c2ccccc2c1=O. The molecule has 2 aromatic heterocycles. The highest BCUT2D eigenvalue weighted by molar-refractivity contribution is 7.97. The molecule has 2 heterocycles. The zero-order valence-corrected chi connectivity index (χ0v) is 19.2. The number of hydrazine groups is 1. The van der Waals surface area contributed by atoms with Gasteiger partial charge in [0.05, 0.1) is 22.2 Å². The molecule has 0 bridgehead atoms.